The minimum absolute atomic E-state index is 0. The number of fused-ring (bicyclic) bond motifs is 1. The van der Waals surface area contributed by atoms with E-state index in [9.17, 15) is 19.7 Å². The molecule has 0 bridgehead atoms. The summed E-state index contributed by atoms with van der Waals surface area (Å²) < 4.78 is 24.6. The average molecular weight is 500 g/mol. The average Bonchev–Trinajstić information content (AvgIpc) is 2.83. The van der Waals surface area contributed by atoms with Crippen molar-refractivity contribution in [1.29, 1.82) is 0 Å². The summed E-state index contributed by atoms with van der Waals surface area (Å²) in [6, 6.07) is 8.55. The van der Waals surface area contributed by atoms with Crippen LogP contribution in [-0.4, -0.2) is 80.7 Å². The molecule has 2 aromatic carbocycles. The topological polar surface area (TPSA) is 169 Å². The van der Waals surface area contributed by atoms with E-state index in [0.717, 1.165) is 11.3 Å². The molecule has 3 aromatic rings. The molecule has 10 nitrogen and oxygen atoms in total. The molecular formula is C22H27ClFN3O7. The highest BCUT2D eigenvalue weighted by Gasteiger charge is 2.34. The molecule has 0 aliphatic heterocycles. The molecule has 4 atom stereocenters. The number of anilines is 2. The highest BCUT2D eigenvalue weighted by molar-refractivity contribution is 6.31. The minimum Gasteiger partial charge on any atom is -0.493 e. The number of hydrogen-bond acceptors (Lipinski definition) is 9. The molecule has 0 saturated heterocycles. The van der Waals surface area contributed by atoms with Crippen molar-refractivity contribution in [2.45, 2.75) is 31.4 Å². The number of aliphatic hydroxyl groups is 4. The number of halogens is 2. The number of methoxy groups -OCH3 is 1. The molecule has 0 amide bonds. The molecule has 0 aliphatic rings. The molecule has 0 unspecified atom stereocenters. The Labute approximate surface area is 199 Å². The summed E-state index contributed by atoms with van der Waals surface area (Å²) in [5, 5.41) is 42.9. The predicted molar refractivity (Wildman–Crippen MR) is 125 cm³/mol. The van der Waals surface area contributed by atoms with Crippen LogP contribution in [0.1, 0.15) is 5.56 Å². The summed E-state index contributed by atoms with van der Waals surface area (Å²) in [4.78, 5) is 8.53. The van der Waals surface area contributed by atoms with Crippen molar-refractivity contribution in [3.63, 3.8) is 0 Å². The van der Waals surface area contributed by atoms with Gasteiger partial charge in [0.25, 0.3) is 0 Å². The molecule has 0 radical (unpaired) electrons. The summed E-state index contributed by atoms with van der Waals surface area (Å²) in [6.07, 6.45) is -5.93. The zero-order chi connectivity index (χ0) is 24.1. The third-order valence-electron chi connectivity index (χ3n) is 5.18. The number of nitrogens with one attached hydrogen (secondary N) is 1. The molecule has 12 heteroatoms. The summed E-state index contributed by atoms with van der Waals surface area (Å²) in [6.45, 7) is 0.144. The number of nitrogens with zero attached hydrogens (tertiary/aromatic N) is 2. The zero-order valence-corrected chi connectivity index (χ0v) is 19.2. The molecule has 34 heavy (non-hydrogen) atoms. The third kappa shape index (κ3) is 5.81. The quantitative estimate of drug-likeness (QED) is 0.276. The lowest BCUT2D eigenvalue weighted by molar-refractivity contribution is -0.0981. The summed E-state index contributed by atoms with van der Waals surface area (Å²) in [5.74, 6) is 0.799. The maximum atomic E-state index is 13.6. The van der Waals surface area contributed by atoms with Gasteiger partial charge in [0.1, 0.15) is 24.4 Å². The second kappa shape index (κ2) is 12.1. The molecule has 186 valence electrons. The van der Waals surface area contributed by atoms with Crippen LogP contribution in [0.25, 0.3) is 10.9 Å². The van der Waals surface area contributed by atoms with E-state index in [-0.39, 0.29) is 17.0 Å². The highest BCUT2D eigenvalue weighted by Crippen LogP contribution is 2.36. The van der Waals surface area contributed by atoms with E-state index in [4.69, 9.17) is 26.2 Å². The molecule has 0 aliphatic carbocycles. The third-order valence-corrected chi connectivity index (χ3v) is 5.59. The molecule has 1 aromatic heterocycles. The number of hydrogen-bond donors (Lipinski definition) is 5. The Bertz CT molecular complexity index is 1110. The maximum absolute atomic E-state index is 13.6. The predicted octanol–water partition coefficient (Wildman–Crippen LogP) is 1.31. The van der Waals surface area contributed by atoms with Crippen LogP contribution < -0.4 is 14.8 Å². The monoisotopic (exact) mass is 499 g/mol. The molecule has 0 fully saturated rings. The van der Waals surface area contributed by atoms with Gasteiger partial charge in [0, 0.05) is 22.2 Å². The van der Waals surface area contributed by atoms with E-state index >= 15 is 0 Å². The van der Waals surface area contributed by atoms with Gasteiger partial charge >= 0.3 is 0 Å². The Morgan fingerprint density at radius 1 is 1.09 bits per heavy atom. The zero-order valence-electron chi connectivity index (χ0n) is 18.4. The molecule has 0 saturated carbocycles. The minimum atomic E-state index is -2.10. The second-order valence-electron chi connectivity index (χ2n) is 7.30. The number of alkyl halides is 1. The first-order valence-corrected chi connectivity index (χ1v) is 10.4. The van der Waals surface area contributed by atoms with Gasteiger partial charge < -0.3 is 40.7 Å². The number of ether oxygens (including phenoxy) is 2. The van der Waals surface area contributed by atoms with Gasteiger partial charge in [-0.1, -0.05) is 17.7 Å². The number of rotatable bonds is 10. The van der Waals surface area contributed by atoms with Crippen LogP contribution in [0.5, 0.6) is 11.5 Å². The van der Waals surface area contributed by atoms with Crippen LogP contribution in [0.15, 0.2) is 36.7 Å². The van der Waals surface area contributed by atoms with E-state index in [1.807, 2.05) is 13.0 Å². The maximum Gasteiger partial charge on any atom is 0.164 e. The Morgan fingerprint density at radius 2 is 1.82 bits per heavy atom. The van der Waals surface area contributed by atoms with Crippen molar-refractivity contribution in [2.24, 2.45) is 0 Å². The molecule has 0 spiro atoms. The lowest BCUT2D eigenvalue weighted by Gasteiger charge is -2.28. The van der Waals surface area contributed by atoms with E-state index in [2.05, 4.69) is 15.3 Å². The van der Waals surface area contributed by atoms with Gasteiger partial charge in [-0.25, -0.2) is 14.4 Å². The van der Waals surface area contributed by atoms with Gasteiger partial charge in [-0.15, -0.1) is 0 Å². The van der Waals surface area contributed by atoms with Crippen LogP contribution >= 0.6 is 11.6 Å². The standard InChI is InChI=1S/C22H25ClFN3O6.H2O/c1-11-13(23)4-3-5-15(11)27-22-12-6-17(32-2)18(7-16(12)25-10-26-22)33-19(9-29)21(31)20(30)14(24)8-28;/h3-7,10,14,19-21,28-31H,8-9H2,1-2H3,(H,25,26,27);1H2/t14-,19-,20+,21+;/m1./s1. The fourth-order valence-corrected chi connectivity index (χ4v) is 3.38. The van der Waals surface area contributed by atoms with E-state index in [1.165, 1.54) is 19.5 Å². The van der Waals surface area contributed by atoms with Gasteiger partial charge in [0.2, 0.25) is 0 Å². The van der Waals surface area contributed by atoms with Crippen LogP contribution in [0, 0.1) is 6.92 Å². The summed E-state index contributed by atoms with van der Waals surface area (Å²) in [5.41, 5.74) is 2.04. The Hall–Kier alpha value is -2.80. The smallest absolute Gasteiger partial charge is 0.164 e. The number of benzene rings is 2. The first kappa shape index (κ1) is 27.4. The normalized spacial score (nSPS) is 14.6. The van der Waals surface area contributed by atoms with Gasteiger partial charge in [-0.05, 0) is 30.7 Å². The number of aliphatic hydroxyl groups excluding tert-OH is 4. The Kier molecular flexibility index (Phi) is 9.74. The summed E-state index contributed by atoms with van der Waals surface area (Å²) >= 11 is 6.20. The van der Waals surface area contributed by atoms with Gasteiger partial charge in [-0.3, -0.25) is 0 Å². The van der Waals surface area contributed by atoms with Crippen LogP contribution in [-0.2, 0) is 0 Å². The van der Waals surface area contributed by atoms with Crippen molar-refractivity contribution in [2.75, 3.05) is 25.6 Å². The second-order valence-corrected chi connectivity index (χ2v) is 7.71. The van der Waals surface area contributed by atoms with Crippen molar-refractivity contribution >= 4 is 34.0 Å². The van der Waals surface area contributed by atoms with Gasteiger partial charge in [0.15, 0.2) is 23.8 Å². The Balaban J connectivity index is 0.00000408. The van der Waals surface area contributed by atoms with Crippen LogP contribution in [0.4, 0.5) is 15.9 Å². The fraction of sp³-hybridized carbons (Fsp3) is 0.364. The Morgan fingerprint density at radius 3 is 2.47 bits per heavy atom. The molecular weight excluding hydrogens is 473 g/mol. The van der Waals surface area contributed by atoms with Gasteiger partial charge in [-0.2, -0.15) is 0 Å². The lowest BCUT2D eigenvalue weighted by Crippen LogP contribution is -2.48. The van der Waals surface area contributed by atoms with E-state index in [1.54, 1.807) is 18.2 Å². The molecule has 7 N–H and O–H groups in total. The van der Waals surface area contributed by atoms with Crippen molar-refractivity contribution < 1.29 is 39.8 Å². The van der Waals surface area contributed by atoms with Crippen molar-refractivity contribution in [3.8, 4) is 11.5 Å². The number of aromatic nitrogens is 2. The highest BCUT2D eigenvalue weighted by atomic mass is 35.5. The lowest BCUT2D eigenvalue weighted by atomic mass is 10.0. The molecule has 1 heterocycles. The molecule has 3 rings (SSSR count). The largest absolute Gasteiger partial charge is 0.493 e. The van der Waals surface area contributed by atoms with Crippen molar-refractivity contribution in [3.05, 3.63) is 47.2 Å². The van der Waals surface area contributed by atoms with E-state index in [0.29, 0.717) is 21.7 Å². The van der Waals surface area contributed by atoms with E-state index < -0.39 is 37.7 Å². The fourth-order valence-electron chi connectivity index (χ4n) is 3.21. The first-order valence-electron chi connectivity index (χ1n) is 10.0. The van der Waals surface area contributed by atoms with Crippen LogP contribution in [0.2, 0.25) is 5.02 Å². The van der Waals surface area contributed by atoms with Gasteiger partial charge in [0.05, 0.1) is 25.8 Å². The van der Waals surface area contributed by atoms with Crippen LogP contribution in [0.3, 0.4) is 0 Å². The SMILES string of the molecule is COc1cc2c(Nc3cccc(Cl)c3C)ncnc2cc1O[C@H](CO)[C@H](O)[C@@H](O)[C@H](F)CO.O. The van der Waals surface area contributed by atoms with Crippen molar-refractivity contribution in [1.82, 2.24) is 9.97 Å². The first-order chi connectivity index (χ1) is 15.8. The summed E-state index contributed by atoms with van der Waals surface area (Å²) in [7, 11) is 1.40.